The molecule has 0 spiro atoms. The number of rotatable bonds is 4. The summed E-state index contributed by atoms with van der Waals surface area (Å²) in [5.74, 6) is 0. The molecule has 1 aromatic carbocycles. The minimum Gasteiger partial charge on any atom is -0.389 e. The molecule has 0 saturated heterocycles. The van der Waals surface area contributed by atoms with Crippen LogP contribution in [0.5, 0.6) is 0 Å². The summed E-state index contributed by atoms with van der Waals surface area (Å²) in [6.07, 6.45) is -0.572. The highest BCUT2D eigenvalue weighted by Gasteiger charge is 2.19. The molecule has 7 heteroatoms. The summed E-state index contributed by atoms with van der Waals surface area (Å²) >= 11 is 4.35. The number of aliphatic hydroxyl groups is 1. The first-order chi connectivity index (χ1) is 8.90. The molecule has 2 aromatic rings. The van der Waals surface area contributed by atoms with E-state index in [1.54, 1.807) is 42.6 Å². The van der Waals surface area contributed by atoms with Crippen LogP contribution >= 0.6 is 27.3 Å². The smallest absolute Gasteiger partial charge is 0.272 e. The molecule has 0 bridgehead atoms. The fourth-order valence-corrected chi connectivity index (χ4v) is 4.90. The van der Waals surface area contributed by atoms with Crippen molar-refractivity contribution in [3.63, 3.8) is 0 Å². The van der Waals surface area contributed by atoms with Crippen LogP contribution in [-0.2, 0) is 10.0 Å². The summed E-state index contributed by atoms with van der Waals surface area (Å²) in [7, 11) is -3.57. The molecule has 0 saturated carbocycles. The maximum atomic E-state index is 12.1. The highest BCUT2D eigenvalue weighted by Crippen LogP contribution is 2.29. The predicted molar refractivity (Wildman–Crippen MR) is 79.9 cm³/mol. The van der Waals surface area contributed by atoms with Crippen LogP contribution in [0.15, 0.2) is 44.4 Å². The van der Waals surface area contributed by atoms with Gasteiger partial charge in [-0.2, -0.15) is 0 Å². The van der Waals surface area contributed by atoms with Gasteiger partial charge < -0.3 is 5.11 Å². The van der Waals surface area contributed by atoms with Gasteiger partial charge >= 0.3 is 0 Å². The topological polar surface area (TPSA) is 66.4 Å². The van der Waals surface area contributed by atoms with E-state index >= 15 is 0 Å². The molecule has 1 heterocycles. The van der Waals surface area contributed by atoms with E-state index in [9.17, 15) is 13.5 Å². The van der Waals surface area contributed by atoms with E-state index < -0.39 is 16.1 Å². The van der Waals surface area contributed by atoms with Crippen LogP contribution in [0.25, 0.3) is 0 Å². The van der Waals surface area contributed by atoms with Crippen molar-refractivity contribution < 1.29 is 13.5 Å². The van der Waals surface area contributed by atoms with Crippen LogP contribution in [0, 0.1) is 0 Å². The maximum Gasteiger partial charge on any atom is 0.272 e. The largest absolute Gasteiger partial charge is 0.389 e. The summed E-state index contributed by atoms with van der Waals surface area (Å²) in [6, 6.07) is 8.32. The normalized spacial score (nSPS) is 13.2. The van der Waals surface area contributed by atoms with Gasteiger partial charge in [0, 0.05) is 10.2 Å². The number of aliphatic hydroxyl groups excluding tert-OH is 1. The van der Waals surface area contributed by atoms with Gasteiger partial charge in [-0.3, -0.25) is 4.72 Å². The monoisotopic (exact) mass is 361 g/mol. The Kier molecular flexibility index (Phi) is 4.29. The summed E-state index contributed by atoms with van der Waals surface area (Å²) in [5, 5.41) is 11.1. The number of hydrogen-bond donors (Lipinski definition) is 2. The zero-order valence-electron chi connectivity index (χ0n) is 10.00. The molecule has 102 valence electrons. The lowest BCUT2D eigenvalue weighted by molar-refractivity contribution is 0.199. The summed E-state index contributed by atoms with van der Waals surface area (Å²) in [4.78, 5) is 0. The number of hydrogen-bond acceptors (Lipinski definition) is 4. The summed E-state index contributed by atoms with van der Waals surface area (Å²) < 4.78 is 27.5. The van der Waals surface area contributed by atoms with Crippen LogP contribution in [0.1, 0.15) is 18.6 Å². The second kappa shape index (κ2) is 5.62. The third-order valence-corrected chi connectivity index (χ3v) is 6.53. The molecule has 0 radical (unpaired) electrons. The van der Waals surface area contributed by atoms with Crippen molar-refractivity contribution in [2.75, 3.05) is 4.72 Å². The van der Waals surface area contributed by atoms with Crippen LogP contribution in [-0.4, -0.2) is 13.5 Å². The van der Waals surface area contributed by atoms with E-state index in [1.807, 2.05) is 0 Å². The number of sulfonamides is 1. The fraction of sp³-hybridized carbons (Fsp3) is 0.167. The average molecular weight is 362 g/mol. The molecule has 2 N–H and O–H groups in total. The Morgan fingerprint density at radius 1 is 1.26 bits per heavy atom. The quantitative estimate of drug-likeness (QED) is 0.877. The standard InChI is InChI=1S/C12H12BrNO3S2/c1-8(15)9-2-4-10(5-3-9)14-19(16,17)12-11(13)6-7-18-12/h2-8,14-15H,1H3. The van der Waals surface area contributed by atoms with Crippen molar-refractivity contribution in [2.45, 2.75) is 17.2 Å². The Morgan fingerprint density at radius 2 is 1.89 bits per heavy atom. The van der Waals surface area contributed by atoms with E-state index in [4.69, 9.17) is 0 Å². The molecule has 1 aromatic heterocycles. The minimum absolute atomic E-state index is 0.243. The van der Waals surface area contributed by atoms with Crippen LogP contribution in [0.2, 0.25) is 0 Å². The Hall–Kier alpha value is -0.890. The van der Waals surface area contributed by atoms with Crippen LogP contribution in [0.4, 0.5) is 5.69 Å². The predicted octanol–water partition coefficient (Wildman–Crippen LogP) is 3.36. The number of anilines is 1. The first-order valence-electron chi connectivity index (χ1n) is 5.44. The summed E-state index contributed by atoms with van der Waals surface area (Å²) in [5.41, 5.74) is 1.20. The lowest BCUT2D eigenvalue weighted by atomic mass is 10.1. The van der Waals surface area contributed by atoms with Crippen molar-refractivity contribution in [1.82, 2.24) is 0 Å². The highest BCUT2D eigenvalue weighted by atomic mass is 79.9. The number of nitrogens with one attached hydrogen (secondary N) is 1. The van der Waals surface area contributed by atoms with Gasteiger partial charge in [0.15, 0.2) is 4.21 Å². The SMILES string of the molecule is CC(O)c1ccc(NS(=O)(=O)c2sccc2Br)cc1. The molecular formula is C12H12BrNO3S2. The van der Waals surface area contributed by atoms with Crippen LogP contribution < -0.4 is 4.72 Å². The van der Waals surface area contributed by atoms with Crippen molar-refractivity contribution in [3.8, 4) is 0 Å². The van der Waals surface area contributed by atoms with Gasteiger partial charge in [0.2, 0.25) is 0 Å². The molecule has 1 unspecified atom stereocenters. The minimum atomic E-state index is -3.57. The molecular weight excluding hydrogens is 350 g/mol. The van der Waals surface area contributed by atoms with Crippen molar-refractivity contribution in [1.29, 1.82) is 0 Å². The van der Waals surface area contributed by atoms with Crippen LogP contribution in [0.3, 0.4) is 0 Å². The lowest BCUT2D eigenvalue weighted by Gasteiger charge is -2.09. The van der Waals surface area contributed by atoms with Gasteiger partial charge in [-0.05, 0) is 52.0 Å². The molecule has 1 atom stereocenters. The van der Waals surface area contributed by atoms with Gasteiger partial charge in [0.1, 0.15) is 0 Å². The first-order valence-corrected chi connectivity index (χ1v) is 8.59. The Morgan fingerprint density at radius 3 is 2.37 bits per heavy atom. The number of thiophene rings is 1. The molecule has 0 amide bonds. The Balaban J connectivity index is 2.24. The third kappa shape index (κ3) is 3.36. The van der Waals surface area contributed by atoms with E-state index in [-0.39, 0.29) is 4.21 Å². The third-order valence-electron chi connectivity index (χ3n) is 2.47. The van der Waals surface area contributed by atoms with Crippen molar-refractivity contribution >= 4 is 43.0 Å². The van der Waals surface area contributed by atoms with Crippen molar-refractivity contribution in [3.05, 3.63) is 45.7 Å². The molecule has 2 rings (SSSR count). The molecule has 0 aliphatic heterocycles. The molecule has 4 nitrogen and oxygen atoms in total. The lowest BCUT2D eigenvalue weighted by Crippen LogP contribution is -2.12. The van der Waals surface area contributed by atoms with Crippen molar-refractivity contribution in [2.24, 2.45) is 0 Å². The number of benzene rings is 1. The van der Waals surface area contributed by atoms with Gasteiger partial charge in [-0.1, -0.05) is 12.1 Å². The van der Waals surface area contributed by atoms with Gasteiger partial charge in [-0.25, -0.2) is 8.42 Å². The Bertz CT molecular complexity index is 663. The summed E-state index contributed by atoms with van der Waals surface area (Å²) in [6.45, 7) is 1.65. The maximum absolute atomic E-state index is 12.1. The zero-order valence-corrected chi connectivity index (χ0v) is 13.2. The number of halogens is 1. The fourth-order valence-electron chi connectivity index (χ4n) is 1.50. The molecule has 0 aliphatic rings. The van der Waals surface area contributed by atoms with Gasteiger partial charge in [0.25, 0.3) is 10.0 Å². The first kappa shape index (κ1) is 14.5. The second-order valence-electron chi connectivity index (χ2n) is 3.96. The molecule has 0 aliphatic carbocycles. The van der Waals surface area contributed by atoms with E-state index in [2.05, 4.69) is 20.7 Å². The average Bonchev–Trinajstić information content (AvgIpc) is 2.76. The van der Waals surface area contributed by atoms with Gasteiger partial charge in [0.05, 0.1) is 6.10 Å². The zero-order chi connectivity index (χ0) is 14.0. The molecule has 19 heavy (non-hydrogen) atoms. The second-order valence-corrected chi connectivity index (χ2v) is 7.61. The van der Waals surface area contributed by atoms with E-state index in [1.165, 1.54) is 0 Å². The highest BCUT2D eigenvalue weighted by molar-refractivity contribution is 9.10. The Labute approximate surface area is 124 Å². The molecule has 0 fully saturated rings. The van der Waals surface area contributed by atoms with Gasteiger partial charge in [-0.15, -0.1) is 11.3 Å². The van der Waals surface area contributed by atoms with E-state index in [0.29, 0.717) is 10.2 Å². The van der Waals surface area contributed by atoms with E-state index in [0.717, 1.165) is 16.9 Å².